The molecule has 36 heavy (non-hydrogen) atoms. The van der Waals surface area contributed by atoms with E-state index in [1.807, 2.05) is 68.2 Å². The average Bonchev–Trinajstić information content (AvgIpc) is 3.38. The van der Waals surface area contributed by atoms with E-state index >= 15 is 0 Å². The number of likely N-dealkylation sites (tertiary alicyclic amines) is 1. The first-order valence-electron chi connectivity index (χ1n) is 12.7. The molecule has 1 amide bonds. The molecular formula is C32H39F2NO. The van der Waals surface area contributed by atoms with Crippen LogP contribution in [0.15, 0.2) is 90.1 Å². The van der Waals surface area contributed by atoms with Crippen molar-refractivity contribution >= 4 is 5.91 Å². The second-order valence-electron chi connectivity index (χ2n) is 9.00. The zero-order chi connectivity index (χ0) is 26.5. The summed E-state index contributed by atoms with van der Waals surface area (Å²) in [4.78, 5) is 14.8. The molecule has 0 bridgehead atoms. The molecular weight excluding hydrogens is 452 g/mol. The normalized spacial score (nSPS) is 16.5. The highest BCUT2D eigenvalue weighted by Gasteiger charge is 2.27. The first kappa shape index (κ1) is 29.0. The van der Waals surface area contributed by atoms with Gasteiger partial charge in [0.2, 0.25) is 5.91 Å². The van der Waals surface area contributed by atoms with Gasteiger partial charge in [-0.1, -0.05) is 79.3 Å². The molecule has 192 valence electrons. The van der Waals surface area contributed by atoms with E-state index in [4.69, 9.17) is 0 Å². The standard InChI is InChI=1S/C28H31F2NO.C4H8/c1-4-7-21(11-10-20(3)5-2)18-27(32)31-17-16-24(19-31)22-12-14-23(15-13-22)28-25(29)8-6-9-26(28)30;1-3-4-2/h4,6-15,24H,5,16-19H2,1-3H3;3-4H,1-2H3/b7-4-,20-10+,21-11+;4-3+. The Morgan fingerprint density at radius 1 is 0.972 bits per heavy atom. The van der Waals surface area contributed by atoms with Gasteiger partial charge in [0, 0.05) is 19.0 Å². The minimum Gasteiger partial charge on any atom is -0.342 e. The van der Waals surface area contributed by atoms with E-state index in [9.17, 15) is 13.6 Å². The van der Waals surface area contributed by atoms with Crippen molar-refractivity contribution in [1.82, 2.24) is 4.90 Å². The van der Waals surface area contributed by atoms with Crippen molar-refractivity contribution < 1.29 is 13.6 Å². The summed E-state index contributed by atoms with van der Waals surface area (Å²) < 4.78 is 28.1. The van der Waals surface area contributed by atoms with Crippen LogP contribution in [0.3, 0.4) is 0 Å². The van der Waals surface area contributed by atoms with Crippen molar-refractivity contribution in [3.63, 3.8) is 0 Å². The van der Waals surface area contributed by atoms with Gasteiger partial charge in [0.1, 0.15) is 11.6 Å². The van der Waals surface area contributed by atoms with Crippen molar-refractivity contribution in [1.29, 1.82) is 0 Å². The topological polar surface area (TPSA) is 20.3 Å². The van der Waals surface area contributed by atoms with Gasteiger partial charge in [-0.15, -0.1) is 0 Å². The molecule has 0 spiro atoms. The molecule has 2 nitrogen and oxygen atoms in total. The fraction of sp³-hybridized carbons (Fsp3) is 0.344. The molecule has 1 fully saturated rings. The molecule has 1 unspecified atom stereocenters. The molecule has 1 atom stereocenters. The Morgan fingerprint density at radius 3 is 2.17 bits per heavy atom. The molecule has 1 aliphatic heterocycles. The van der Waals surface area contributed by atoms with Crippen LogP contribution in [0.25, 0.3) is 11.1 Å². The van der Waals surface area contributed by atoms with E-state index in [1.54, 1.807) is 12.1 Å². The summed E-state index contributed by atoms with van der Waals surface area (Å²) in [6.45, 7) is 11.5. The quantitative estimate of drug-likeness (QED) is 0.280. The van der Waals surface area contributed by atoms with Gasteiger partial charge in [-0.25, -0.2) is 8.78 Å². The molecule has 1 aliphatic rings. The van der Waals surface area contributed by atoms with Crippen LogP contribution in [0, 0.1) is 11.6 Å². The molecule has 1 saturated heterocycles. The van der Waals surface area contributed by atoms with Crippen molar-refractivity contribution in [3.05, 3.63) is 107 Å². The molecule has 4 heteroatoms. The third-order valence-corrected chi connectivity index (χ3v) is 6.38. The van der Waals surface area contributed by atoms with Crippen LogP contribution >= 0.6 is 0 Å². The van der Waals surface area contributed by atoms with Gasteiger partial charge in [-0.05, 0) is 69.4 Å². The van der Waals surface area contributed by atoms with Crippen LogP contribution < -0.4 is 0 Å². The maximum Gasteiger partial charge on any atom is 0.227 e. The van der Waals surface area contributed by atoms with Crippen molar-refractivity contribution in [2.75, 3.05) is 13.1 Å². The Hall–Kier alpha value is -3.27. The predicted molar refractivity (Wildman–Crippen MR) is 148 cm³/mol. The number of rotatable bonds is 7. The highest BCUT2D eigenvalue weighted by molar-refractivity contribution is 5.80. The maximum atomic E-state index is 14.1. The predicted octanol–water partition coefficient (Wildman–Crippen LogP) is 8.78. The molecule has 0 aliphatic carbocycles. The van der Waals surface area contributed by atoms with E-state index in [1.165, 1.54) is 23.8 Å². The van der Waals surface area contributed by atoms with Gasteiger partial charge in [0.05, 0.1) is 12.0 Å². The number of hydrogen-bond acceptors (Lipinski definition) is 1. The van der Waals surface area contributed by atoms with Crippen LogP contribution in [0.4, 0.5) is 8.78 Å². The lowest BCUT2D eigenvalue weighted by Crippen LogP contribution is -2.28. The first-order valence-corrected chi connectivity index (χ1v) is 12.7. The Bertz CT molecular complexity index is 1090. The summed E-state index contributed by atoms with van der Waals surface area (Å²) in [5.41, 5.74) is 3.89. The number of carbonyl (C=O) groups is 1. The summed E-state index contributed by atoms with van der Waals surface area (Å²) in [5.74, 6) is -0.770. The lowest BCUT2D eigenvalue weighted by Gasteiger charge is -2.17. The lowest BCUT2D eigenvalue weighted by atomic mass is 9.95. The third kappa shape index (κ3) is 8.44. The number of benzene rings is 2. The summed E-state index contributed by atoms with van der Waals surface area (Å²) in [6.07, 6.45) is 14.3. The number of halogens is 2. The highest BCUT2D eigenvalue weighted by atomic mass is 19.1. The second kappa shape index (κ2) is 15.0. The zero-order valence-corrected chi connectivity index (χ0v) is 22.2. The van der Waals surface area contributed by atoms with Gasteiger partial charge in [0.25, 0.3) is 0 Å². The molecule has 2 aromatic rings. The van der Waals surface area contributed by atoms with Crippen LogP contribution in [0.5, 0.6) is 0 Å². The highest BCUT2D eigenvalue weighted by Crippen LogP contribution is 2.31. The molecule has 2 aromatic carbocycles. The summed E-state index contributed by atoms with van der Waals surface area (Å²) >= 11 is 0. The zero-order valence-electron chi connectivity index (χ0n) is 22.2. The number of hydrogen-bond donors (Lipinski definition) is 0. The van der Waals surface area contributed by atoms with E-state index in [2.05, 4.69) is 19.9 Å². The lowest BCUT2D eigenvalue weighted by molar-refractivity contribution is -0.129. The SMILES string of the molecule is C/C=C/C.C\C=C/C(=C\C=C(/C)CC)CC(=O)N1CCC(c2ccc(-c3c(F)cccc3F)cc2)C1. The van der Waals surface area contributed by atoms with Gasteiger partial charge < -0.3 is 4.90 Å². The number of nitrogens with zero attached hydrogens (tertiary/aromatic N) is 1. The first-order chi connectivity index (χ1) is 17.3. The number of carbonyl (C=O) groups excluding carboxylic acids is 1. The third-order valence-electron chi connectivity index (χ3n) is 6.38. The number of amides is 1. The van der Waals surface area contributed by atoms with Gasteiger partial charge in [0.15, 0.2) is 0 Å². The minimum absolute atomic E-state index is 0.00192. The van der Waals surface area contributed by atoms with Crippen LogP contribution in [-0.4, -0.2) is 23.9 Å². The fourth-order valence-electron chi connectivity index (χ4n) is 4.00. The average molecular weight is 492 g/mol. The summed E-state index contributed by atoms with van der Waals surface area (Å²) in [7, 11) is 0. The second-order valence-corrected chi connectivity index (χ2v) is 9.00. The largest absolute Gasteiger partial charge is 0.342 e. The van der Waals surface area contributed by atoms with Gasteiger partial charge in [-0.2, -0.15) is 0 Å². The molecule has 0 aromatic heterocycles. The van der Waals surface area contributed by atoms with Crippen molar-refractivity contribution in [3.8, 4) is 11.1 Å². The van der Waals surface area contributed by atoms with E-state index in [-0.39, 0.29) is 17.4 Å². The van der Waals surface area contributed by atoms with Crippen LogP contribution in [0.2, 0.25) is 0 Å². The minimum atomic E-state index is -0.565. The monoisotopic (exact) mass is 491 g/mol. The molecule has 0 saturated carbocycles. The Labute approximate surface area is 215 Å². The smallest absolute Gasteiger partial charge is 0.227 e. The fourth-order valence-corrected chi connectivity index (χ4v) is 4.00. The Kier molecular flexibility index (Phi) is 12.0. The molecule has 3 rings (SSSR count). The molecule has 1 heterocycles. The van der Waals surface area contributed by atoms with E-state index < -0.39 is 11.6 Å². The Morgan fingerprint density at radius 2 is 1.61 bits per heavy atom. The van der Waals surface area contributed by atoms with Crippen molar-refractivity contribution in [2.45, 2.75) is 59.8 Å². The summed E-state index contributed by atoms with van der Waals surface area (Å²) in [6, 6.07) is 11.3. The molecule has 0 radical (unpaired) electrons. The maximum absolute atomic E-state index is 14.1. The summed E-state index contributed by atoms with van der Waals surface area (Å²) in [5, 5.41) is 0. The van der Waals surface area contributed by atoms with Crippen LogP contribution in [-0.2, 0) is 4.79 Å². The van der Waals surface area contributed by atoms with E-state index in [0.717, 1.165) is 30.5 Å². The number of allylic oxidation sites excluding steroid dienone is 7. The molecule has 0 N–H and O–H groups in total. The van der Waals surface area contributed by atoms with Crippen LogP contribution in [0.1, 0.15) is 65.4 Å². The van der Waals surface area contributed by atoms with Crippen molar-refractivity contribution in [2.24, 2.45) is 0 Å². The Balaban J connectivity index is 0.00000106. The van der Waals surface area contributed by atoms with E-state index in [0.29, 0.717) is 18.5 Å². The van der Waals surface area contributed by atoms with Gasteiger partial charge in [-0.3, -0.25) is 4.79 Å². The van der Waals surface area contributed by atoms with Gasteiger partial charge >= 0.3 is 0 Å².